The molecule has 0 radical (unpaired) electrons. The Balaban J connectivity index is 1.62. The van der Waals surface area contributed by atoms with E-state index in [2.05, 4.69) is 83.0 Å². The fourth-order valence-electron chi connectivity index (χ4n) is 4.09. The van der Waals surface area contributed by atoms with Crippen molar-refractivity contribution in [2.24, 2.45) is 4.99 Å². The van der Waals surface area contributed by atoms with E-state index in [9.17, 15) is 0 Å². The van der Waals surface area contributed by atoms with E-state index in [1.165, 1.54) is 16.9 Å². The predicted octanol–water partition coefficient (Wildman–Crippen LogP) is 4.77. The van der Waals surface area contributed by atoms with E-state index in [4.69, 9.17) is 4.99 Å². The molecule has 4 heterocycles. The molecule has 0 saturated carbocycles. The Bertz CT molecular complexity index is 994. The van der Waals surface area contributed by atoms with Gasteiger partial charge in [-0.2, -0.15) is 0 Å². The molecule has 27 heavy (non-hydrogen) atoms. The molecule has 2 aliphatic heterocycles. The number of aliphatic imine (C=N–C) groups is 1. The predicted molar refractivity (Wildman–Crippen MR) is 111 cm³/mol. The number of hydrogen-bond acceptors (Lipinski definition) is 4. The largest absolute Gasteiger partial charge is 0.339 e. The highest BCUT2D eigenvalue weighted by Crippen LogP contribution is 2.47. The number of benzene rings is 1. The molecule has 5 rings (SSSR count). The van der Waals surface area contributed by atoms with E-state index in [1.807, 2.05) is 24.0 Å². The van der Waals surface area contributed by atoms with Gasteiger partial charge >= 0.3 is 0 Å². The van der Waals surface area contributed by atoms with Crippen LogP contribution in [0.4, 0.5) is 0 Å². The van der Waals surface area contributed by atoms with E-state index >= 15 is 0 Å². The lowest BCUT2D eigenvalue weighted by atomic mass is 10.0. The number of amidine groups is 1. The maximum atomic E-state index is 5.09. The highest BCUT2D eigenvalue weighted by atomic mass is 32.2. The molecule has 0 bridgehead atoms. The van der Waals surface area contributed by atoms with Gasteiger partial charge in [0, 0.05) is 35.6 Å². The van der Waals surface area contributed by atoms with Crippen LogP contribution in [0.2, 0.25) is 0 Å². The molecule has 4 nitrogen and oxygen atoms in total. The first kappa shape index (κ1) is 16.6. The van der Waals surface area contributed by atoms with Crippen molar-refractivity contribution in [3.63, 3.8) is 0 Å². The zero-order valence-electron chi connectivity index (χ0n) is 15.5. The summed E-state index contributed by atoms with van der Waals surface area (Å²) in [6.07, 6.45) is 4.02. The summed E-state index contributed by atoms with van der Waals surface area (Å²) in [5, 5.41) is 1.72. The number of aromatic nitrogens is 2. The average Bonchev–Trinajstić information content (AvgIpc) is 3.36. The summed E-state index contributed by atoms with van der Waals surface area (Å²) in [5.41, 5.74) is 4.77. The molecule has 136 valence electrons. The molecule has 5 heteroatoms. The van der Waals surface area contributed by atoms with Gasteiger partial charge in [0.25, 0.3) is 0 Å². The topological polar surface area (TPSA) is 33.4 Å². The first-order valence-electron chi connectivity index (χ1n) is 9.37. The van der Waals surface area contributed by atoms with E-state index < -0.39 is 0 Å². The fraction of sp³-hybridized carbons (Fsp3) is 0.273. The van der Waals surface area contributed by atoms with Gasteiger partial charge in [0.2, 0.25) is 0 Å². The Morgan fingerprint density at radius 1 is 1.07 bits per heavy atom. The number of rotatable bonds is 3. The Morgan fingerprint density at radius 3 is 2.81 bits per heavy atom. The molecule has 0 N–H and O–H groups in total. The summed E-state index contributed by atoms with van der Waals surface area (Å²) < 4.78 is 2.31. The highest BCUT2D eigenvalue weighted by Gasteiger charge is 2.44. The molecule has 3 atom stereocenters. The number of thioether (sulfide) groups is 1. The lowest BCUT2D eigenvalue weighted by molar-refractivity contribution is 0.312. The zero-order valence-corrected chi connectivity index (χ0v) is 16.3. The van der Waals surface area contributed by atoms with E-state index in [0.29, 0.717) is 5.25 Å². The molecule has 0 spiro atoms. The molecular formula is C22H22N4S. The fourth-order valence-corrected chi connectivity index (χ4v) is 5.18. The van der Waals surface area contributed by atoms with Crippen molar-refractivity contribution < 1.29 is 0 Å². The summed E-state index contributed by atoms with van der Waals surface area (Å²) in [5.74, 6) is 0. The molecule has 0 unspecified atom stereocenters. The van der Waals surface area contributed by atoms with Crippen LogP contribution >= 0.6 is 11.8 Å². The number of pyridine rings is 1. The minimum absolute atomic E-state index is 0.0275. The van der Waals surface area contributed by atoms with Crippen LogP contribution in [-0.4, -0.2) is 31.4 Å². The second-order valence-corrected chi connectivity index (χ2v) is 8.68. The van der Waals surface area contributed by atoms with Crippen molar-refractivity contribution in [3.8, 4) is 5.69 Å². The second-order valence-electron chi connectivity index (χ2n) is 7.28. The summed E-state index contributed by atoms with van der Waals surface area (Å²) in [7, 11) is 0. The normalized spacial score (nSPS) is 24.1. The smallest absolute Gasteiger partial charge is 0.160 e. The van der Waals surface area contributed by atoms with Crippen molar-refractivity contribution in [1.82, 2.24) is 14.5 Å². The summed E-state index contributed by atoms with van der Waals surface area (Å²) >= 11 is 1.88. The standard InChI is InChI=1S/C22H22N4S/c1-15-7-5-8-17(13-15)25-12-6-10-19(25)21-20(18-9-3-4-11-23-18)24-22-26(21)14-16(2)27-22/h3-13,16,20-21H,14H2,1-2H3/t16-,20-,21+/m0/s1. The summed E-state index contributed by atoms with van der Waals surface area (Å²) in [6.45, 7) is 5.44. The lowest BCUT2D eigenvalue weighted by Crippen LogP contribution is -2.30. The first-order chi connectivity index (χ1) is 13.2. The van der Waals surface area contributed by atoms with E-state index in [0.717, 1.165) is 17.4 Å². The third kappa shape index (κ3) is 2.86. The van der Waals surface area contributed by atoms with Gasteiger partial charge in [-0.25, -0.2) is 0 Å². The lowest BCUT2D eigenvalue weighted by Gasteiger charge is -2.28. The second kappa shape index (κ2) is 6.57. The zero-order chi connectivity index (χ0) is 18.4. The summed E-state index contributed by atoms with van der Waals surface area (Å²) in [4.78, 5) is 12.2. The van der Waals surface area contributed by atoms with Gasteiger partial charge in [0.05, 0.1) is 11.7 Å². The van der Waals surface area contributed by atoms with Gasteiger partial charge in [-0.05, 0) is 48.9 Å². The van der Waals surface area contributed by atoms with Crippen LogP contribution in [0.5, 0.6) is 0 Å². The Labute approximate surface area is 164 Å². The molecule has 2 aliphatic rings. The molecule has 0 amide bonds. The highest BCUT2D eigenvalue weighted by molar-refractivity contribution is 8.14. The molecule has 2 aromatic heterocycles. The van der Waals surface area contributed by atoms with Gasteiger partial charge in [0.1, 0.15) is 6.04 Å². The van der Waals surface area contributed by atoms with Crippen LogP contribution in [0.15, 0.2) is 72.0 Å². The minimum atomic E-state index is 0.0275. The van der Waals surface area contributed by atoms with Crippen molar-refractivity contribution in [2.75, 3.05) is 6.54 Å². The minimum Gasteiger partial charge on any atom is -0.339 e. The van der Waals surface area contributed by atoms with Crippen LogP contribution in [0.3, 0.4) is 0 Å². The Kier molecular flexibility index (Phi) is 4.05. The maximum absolute atomic E-state index is 5.09. The molecule has 0 aliphatic carbocycles. The first-order valence-corrected chi connectivity index (χ1v) is 10.2. The van der Waals surface area contributed by atoms with Gasteiger partial charge in [0.15, 0.2) is 5.17 Å². The number of nitrogens with zero attached hydrogens (tertiary/aromatic N) is 4. The van der Waals surface area contributed by atoms with Gasteiger partial charge < -0.3 is 9.47 Å². The van der Waals surface area contributed by atoms with Crippen LogP contribution in [0, 0.1) is 6.92 Å². The third-order valence-electron chi connectivity index (χ3n) is 5.24. The SMILES string of the molecule is Cc1cccc(-n2cccc2[C@@H]2[C@H](c3ccccn3)N=C3S[C@@H](C)CN32)c1. The molecular weight excluding hydrogens is 352 g/mol. The van der Waals surface area contributed by atoms with E-state index in [1.54, 1.807) is 0 Å². The molecule has 1 aromatic carbocycles. The maximum Gasteiger partial charge on any atom is 0.160 e. The van der Waals surface area contributed by atoms with Crippen molar-refractivity contribution in [3.05, 3.63) is 83.9 Å². The van der Waals surface area contributed by atoms with Crippen LogP contribution in [0.25, 0.3) is 5.69 Å². The van der Waals surface area contributed by atoms with Gasteiger partial charge in [-0.1, -0.05) is 36.9 Å². The quantitative estimate of drug-likeness (QED) is 0.662. The number of aryl methyl sites for hydroxylation is 1. The Morgan fingerprint density at radius 2 is 2.00 bits per heavy atom. The van der Waals surface area contributed by atoms with Crippen LogP contribution in [0.1, 0.15) is 36.0 Å². The van der Waals surface area contributed by atoms with Crippen LogP contribution < -0.4 is 0 Å². The van der Waals surface area contributed by atoms with Crippen molar-refractivity contribution >= 4 is 16.9 Å². The number of hydrogen-bond donors (Lipinski definition) is 0. The third-order valence-corrected chi connectivity index (χ3v) is 6.35. The number of fused-ring (bicyclic) bond motifs is 1. The monoisotopic (exact) mass is 374 g/mol. The van der Waals surface area contributed by atoms with Crippen molar-refractivity contribution in [2.45, 2.75) is 31.2 Å². The van der Waals surface area contributed by atoms with Crippen molar-refractivity contribution in [1.29, 1.82) is 0 Å². The van der Waals surface area contributed by atoms with E-state index in [-0.39, 0.29) is 12.1 Å². The van der Waals surface area contributed by atoms with Gasteiger partial charge in [-0.15, -0.1) is 0 Å². The van der Waals surface area contributed by atoms with Crippen LogP contribution in [-0.2, 0) is 0 Å². The molecule has 1 fully saturated rings. The molecule has 1 saturated heterocycles. The Hall–Kier alpha value is -2.53. The van der Waals surface area contributed by atoms with Gasteiger partial charge in [-0.3, -0.25) is 9.98 Å². The average molecular weight is 375 g/mol. The summed E-state index contributed by atoms with van der Waals surface area (Å²) in [6, 6.07) is 19.3. The molecule has 3 aromatic rings.